The van der Waals surface area contributed by atoms with Gasteiger partial charge in [-0.25, -0.2) is 0 Å². The molecule has 3 heteroatoms. The van der Waals surface area contributed by atoms with Crippen molar-refractivity contribution in [1.29, 1.82) is 0 Å². The van der Waals surface area contributed by atoms with E-state index in [0.717, 1.165) is 16.0 Å². The standard InChI is InChI=1S/C15H15BrClN/c1-11-5-3-4-6-14(11)18(2)15-8-7-12(10-16)9-13(15)17/h3-9H,10H2,1-2H3. The van der Waals surface area contributed by atoms with Gasteiger partial charge in [0.1, 0.15) is 0 Å². The number of aryl methyl sites for hydroxylation is 1. The summed E-state index contributed by atoms with van der Waals surface area (Å²) >= 11 is 9.78. The number of hydrogen-bond donors (Lipinski definition) is 0. The molecule has 0 saturated carbocycles. The molecule has 0 N–H and O–H groups in total. The Kier molecular flexibility index (Phi) is 4.31. The van der Waals surface area contributed by atoms with Crippen LogP contribution in [0.5, 0.6) is 0 Å². The molecule has 0 heterocycles. The van der Waals surface area contributed by atoms with Crippen LogP contribution >= 0.6 is 27.5 Å². The van der Waals surface area contributed by atoms with E-state index in [-0.39, 0.29) is 0 Å². The van der Waals surface area contributed by atoms with E-state index in [1.165, 1.54) is 16.8 Å². The van der Waals surface area contributed by atoms with E-state index in [1.54, 1.807) is 0 Å². The van der Waals surface area contributed by atoms with E-state index in [9.17, 15) is 0 Å². The molecule has 0 aliphatic carbocycles. The summed E-state index contributed by atoms with van der Waals surface area (Å²) < 4.78 is 0. The van der Waals surface area contributed by atoms with Gasteiger partial charge in [-0.15, -0.1) is 0 Å². The predicted octanol–water partition coefficient (Wildman–Crippen LogP) is 5.31. The van der Waals surface area contributed by atoms with Gasteiger partial charge in [-0.2, -0.15) is 0 Å². The summed E-state index contributed by atoms with van der Waals surface area (Å²) in [4.78, 5) is 2.12. The van der Waals surface area contributed by atoms with Gasteiger partial charge in [0.15, 0.2) is 0 Å². The molecule has 0 unspecified atom stereocenters. The molecule has 0 fully saturated rings. The maximum Gasteiger partial charge on any atom is 0.0646 e. The zero-order chi connectivity index (χ0) is 13.1. The first-order chi connectivity index (χ1) is 8.63. The van der Waals surface area contributed by atoms with Crippen LogP contribution in [0.4, 0.5) is 11.4 Å². The topological polar surface area (TPSA) is 3.24 Å². The van der Waals surface area contributed by atoms with E-state index >= 15 is 0 Å². The van der Waals surface area contributed by atoms with Crippen LogP contribution in [-0.4, -0.2) is 7.05 Å². The molecule has 2 aromatic carbocycles. The van der Waals surface area contributed by atoms with Gasteiger partial charge in [0.25, 0.3) is 0 Å². The second kappa shape index (κ2) is 5.77. The molecule has 0 aliphatic heterocycles. The van der Waals surface area contributed by atoms with Crippen LogP contribution in [0.1, 0.15) is 11.1 Å². The lowest BCUT2D eigenvalue weighted by Gasteiger charge is -2.23. The Balaban J connectivity index is 2.40. The van der Waals surface area contributed by atoms with Crippen molar-refractivity contribution in [3.8, 4) is 0 Å². The molecule has 0 saturated heterocycles. The summed E-state index contributed by atoms with van der Waals surface area (Å²) in [6.45, 7) is 2.10. The lowest BCUT2D eigenvalue weighted by molar-refractivity contribution is 1.18. The number of rotatable bonds is 3. The van der Waals surface area contributed by atoms with E-state index < -0.39 is 0 Å². The number of hydrogen-bond acceptors (Lipinski definition) is 1. The lowest BCUT2D eigenvalue weighted by Crippen LogP contribution is -2.11. The summed E-state index contributed by atoms with van der Waals surface area (Å²) in [5, 5.41) is 1.60. The van der Waals surface area contributed by atoms with Gasteiger partial charge in [-0.3, -0.25) is 0 Å². The minimum absolute atomic E-state index is 0.776. The van der Waals surface area contributed by atoms with E-state index in [0.29, 0.717) is 0 Å². The fraction of sp³-hybridized carbons (Fsp3) is 0.200. The van der Waals surface area contributed by atoms with Crippen LogP contribution < -0.4 is 4.90 Å². The highest BCUT2D eigenvalue weighted by molar-refractivity contribution is 9.08. The molecule has 2 rings (SSSR count). The Bertz CT molecular complexity index is 554. The van der Waals surface area contributed by atoms with E-state index in [4.69, 9.17) is 11.6 Å². The maximum absolute atomic E-state index is 6.34. The van der Waals surface area contributed by atoms with Crippen molar-refractivity contribution in [2.75, 3.05) is 11.9 Å². The summed E-state index contributed by atoms with van der Waals surface area (Å²) in [6.07, 6.45) is 0. The van der Waals surface area contributed by atoms with Crippen LogP contribution in [-0.2, 0) is 5.33 Å². The number of para-hydroxylation sites is 1. The summed E-state index contributed by atoms with van der Waals surface area (Å²) in [6, 6.07) is 14.4. The molecule has 0 atom stereocenters. The Morgan fingerprint density at radius 1 is 1.11 bits per heavy atom. The third kappa shape index (κ3) is 2.70. The van der Waals surface area contributed by atoms with Crippen molar-refractivity contribution in [3.05, 3.63) is 58.6 Å². The quantitative estimate of drug-likeness (QED) is 0.691. The van der Waals surface area contributed by atoms with E-state index in [1.807, 2.05) is 25.2 Å². The van der Waals surface area contributed by atoms with Crippen LogP contribution in [0.2, 0.25) is 5.02 Å². The van der Waals surface area contributed by atoms with Crippen LogP contribution in [0.3, 0.4) is 0 Å². The van der Waals surface area contributed by atoms with Crippen molar-refractivity contribution in [3.63, 3.8) is 0 Å². The molecule has 0 radical (unpaired) electrons. The third-order valence-corrected chi connectivity index (χ3v) is 3.95. The number of benzene rings is 2. The van der Waals surface area contributed by atoms with Gasteiger partial charge < -0.3 is 4.90 Å². The predicted molar refractivity (Wildman–Crippen MR) is 83.3 cm³/mol. The molecule has 2 aromatic rings. The minimum Gasteiger partial charge on any atom is -0.343 e. The van der Waals surface area contributed by atoms with Gasteiger partial charge in [0.05, 0.1) is 10.7 Å². The van der Waals surface area contributed by atoms with Crippen molar-refractivity contribution in [2.24, 2.45) is 0 Å². The fourth-order valence-corrected chi connectivity index (χ4v) is 2.65. The smallest absolute Gasteiger partial charge is 0.0646 e. The van der Waals surface area contributed by atoms with Gasteiger partial charge in [-0.1, -0.05) is 51.8 Å². The van der Waals surface area contributed by atoms with Crippen molar-refractivity contribution < 1.29 is 0 Å². The van der Waals surface area contributed by atoms with Crippen molar-refractivity contribution in [2.45, 2.75) is 12.3 Å². The molecule has 1 nitrogen and oxygen atoms in total. The molecule has 18 heavy (non-hydrogen) atoms. The molecule has 0 bridgehead atoms. The molecule has 94 valence electrons. The van der Waals surface area contributed by atoms with Crippen LogP contribution in [0, 0.1) is 6.92 Å². The molecular formula is C15H15BrClN. The van der Waals surface area contributed by atoms with Gasteiger partial charge >= 0.3 is 0 Å². The number of anilines is 2. The first-order valence-corrected chi connectivity index (χ1v) is 7.27. The normalized spacial score (nSPS) is 10.4. The molecular weight excluding hydrogens is 310 g/mol. The average molecular weight is 325 g/mol. The monoisotopic (exact) mass is 323 g/mol. The maximum atomic E-state index is 6.34. The zero-order valence-corrected chi connectivity index (χ0v) is 12.8. The second-order valence-corrected chi connectivity index (χ2v) is 5.23. The number of nitrogens with zero attached hydrogens (tertiary/aromatic N) is 1. The largest absolute Gasteiger partial charge is 0.343 e. The summed E-state index contributed by atoms with van der Waals surface area (Å²) in [5.41, 5.74) is 4.62. The SMILES string of the molecule is Cc1ccccc1N(C)c1ccc(CBr)cc1Cl. The Morgan fingerprint density at radius 3 is 2.44 bits per heavy atom. The highest BCUT2D eigenvalue weighted by atomic mass is 79.9. The Hall–Kier alpha value is -0.990. The third-order valence-electron chi connectivity index (χ3n) is 3.00. The number of halogens is 2. The van der Waals surface area contributed by atoms with Crippen LogP contribution in [0.25, 0.3) is 0 Å². The van der Waals surface area contributed by atoms with Gasteiger partial charge in [-0.05, 0) is 36.2 Å². The molecule has 0 aromatic heterocycles. The molecule has 0 amide bonds. The highest BCUT2D eigenvalue weighted by Crippen LogP contribution is 2.33. The summed E-state index contributed by atoms with van der Waals surface area (Å²) in [5.74, 6) is 0. The zero-order valence-electron chi connectivity index (χ0n) is 10.5. The number of alkyl halides is 1. The van der Waals surface area contributed by atoms with Gasteiger partial charge in [0.2, 0.25) is 0 Å². The fourth-order valence-electron chi connectivity index (χ4n) is 1.98. The first kappa shape index (κ1) is 13.4. The van der Waals surface area contributed by atoms with Gasteiger partial charge in [0, 0.05) is 18.1 Å². The first-order valence-electron chi connectivity index (χ1n) is 5.77. The second-order valence-electron chi connectivity index (χ2n) is 4.26. The molecule has 0 aliphatic rings. The molecule has 0 spiro atoms. The minimum atomic E-state index is 0.776. The Morgan fingerprint density at radius 2 is 1.83 bits per heavy atom. The highest BCUT2D eigenvalue weighted by Gasteiger charge is 2.10. The summed E-state index contributed by atoms with van der Waals surface area (Å²) in [7, 11) is 2.04. The van der Waals surface area contributed by atoms with Crippen molar-refractivity contribution >= 4 is 38.9 Å². The van der Waals surface area contributed by atoms with Crippen LogP contribution in [0.15, 0.2) is 42.5 Å². The Labute approximate surface area is 122 Å². The van der Waals surface area contributed by atoms with Crippen molar-refractivity contribution in [1.82, 2.24) is 0 Å². The van der Waals surface area contributed by atoms with E-state index in [2.05, 4.69) is 52.0 Å². The lowest BCUT2D eigenvalue weighted by atomic mass is 10.1. The average Bonchev–Trinajstić information content (AvgIpc) is 2.38.